The fraction of sp³-hybridized carbons (Fsp3) is 0.550. The van der Waals surface area contributed by atoms with Gasteiger partial charge in [0.25, 0.3) is 0 Å². The molecule has 1 aliphatic carbocycles. The van der Waals surface area contributed by atoms with Crippen molar-refractivity contribution in [2.24, 2.45) is 5.92 Å². The summed E-state index contributed by atoms with van der Waals surface area (Å²) in [6.45, 7) is 3.36. The summed E-state index contributed by atoms with van der Waals surface area (Å²) < 4.78 is 10.7. The molecule has 0 N–H and O–H groups in total. The molecule has 2 aliphatic rings. The summed E-state index contributed by atoms with van der Waals surface area (Å²) in [6.07, 6.45) is 4.01. The van der Waals surface area contributed by atoms with Gasteiger partial charge in [-0.25, -0.2) is 0 Å². The molecule has 0 bridgehead atoms. The quantitative estimate of drug-likeness (QED) is 0.845. The lowest BCUT2D eigenvalue weighted by Gasteiger charge is -2.38. The van der Waals surface area contributed by atoms with Gasteiger partial charge in [0.1, 0.15) is 6.04 Å². The Bertz CT molecular complexity index is 738. The number of nitrogens with zero attached hydrogens (tertiary/aromatic N) is 3. The van der Waals surface area contributed by atoms with Gasteiger partial charge >= 0.3 is 0 Å². The third-order valence-corrected chi connectivity index (χ3v) is 5.60. The number of benzene rings is 1. The summed E-state index contributed by atoms with van der Waals surface area (Å²) in [7, 11) is 0. The first kappa shape index (κ1) is 17.2. The first-order valence-corrected chi connectivity index (χ1v) is 9.45. The summed E-state index contributed by atoms with van der Waals surface area (Å²) in [6, 6.07) is 10.4. The molecule has 2 fully saturated rings. The second kappa shape index (κ2) is 7.58. The van der Waals surface area contributed by atoms with Crippen LogP contribution in [0, 0.1) is 12.8 Å². The van der Waals surface area contributed by atoms with Crippen molar-refractivity contribution in [2.75, 3.05) is 19.8 Å². The molecule has 4 rings (SSSR count). The normalized spacial score (nSPS) is 26.7. The predicted molar refractivity (Wildman–Crippen MR) is 95.4 cm³/mol. The summed E-state index contributed by atoms with van der Waals surface area (Å²) in [5.41, 5.74) is 1.39. The van der Waals surface area contributed by atoms with Crippen LogP contribution in [0.1, 0.15) is 54.9 Å². The molecule has 6 nitrogen and oxygen atoms in total. The zero-order chi connectivity index (χ0) is 17.9. The molecule has 1 aromatic heterocycles. The molecule has 0 unspecified atom stereocenters. The van der Waals surface area contributed by atoms with Crippen LogP contribution < -0.4 is 0 Å². The lowest BCUT2D eigenvalue weighted by atomic mass is 9.78. The SMILES string of the molecule is Cc1nc([C@@H]2COCCN2C(=O)C2CCC(c3ccccc3)CC2)no1. The molecule has 0 radical (unpaired) electrons. The largest absolute Gasteiger partial charge is 0.377 e. The smallest absolute Gasteiger partial charge is 0.226 e. The van der Waals surface area contributed by atoms with Gasteiger partial charge in [-0.3, -0.25) is 4.79 Å². The van der Waals surface area contributed by atoms with Crippen molar-refractivity contribution in [3.63, 3.8) is 0 Å². The standard InChI is InChI=1S/C20H25N3O3/c1-14-21-19(22-26-14)18-13-25-12-11-23(18)20(24)17-9-7-16(8-10-17)15-5-3-2-4-6-15/h2-6,16-18H,7-13H2,1H3/t16?,17?,18-/m0/s1. The third-order valence-electron chi connectivity index (χ3n) is 5.60. The number of amides is 1. The average molecular weight is 355 g/mol. The monoisotopic (exact) mass is 355 g/mol. The molecule has 1 amide bonds. The van der Waals surface area contributed by atoms with Crippen LogP contribution >= 0.6 is 0 Å². The number of hydrogen-bond donors (Lipinski definition) is 0. The van der Waals surface area contributed by atoms with Crippen LogP contribution in [0.5, 0.6) is 0 Å². The summed E-state index contributed by atoms with van der Waals surface area (Å²) >= 11 is 0. The summed E-state index contributed by atoms with van der Waals surface area (Å²) in [4.78, 5) is 19.4. The molecule has 2 heterocycles. The van der Waals surface area contributed by atoms with Crippen molar-refractivity contribution >= 4 is 5.91 Å². The summed E-state index contributed by atoms with van der Waals surface area (Å²) in [5, 5.41) is 4.01. The maximum atomic E-state index is 13.2. The number of aryl methyl sites for hydroxylation is 1. The van der Waals surface area contributed by atoms with Gasteiger partial charge in [0.2, 0.25) is 11.8 Å². The molecule has 0 spiro atoms. The van der Waals surface area contributed by atoms with E-state index in [0.29, 0.717) is 37.4 Å². The second-order valence-corrected chi connectivity index (χ2v) is 7.25. The van der Waals surface area contributed by atoms with E-state index in [1.165, 1.54) is 5.56 Å². The number of morpholine rings is 1. The van der Waals surface area contributed by atoms with Crippen LogP contribution in [0.3, 0.4) is 0 Å². The molecule has 1 saturated heterocycles. The molecule has 1 aromatic carbocycles. The first-order valence-electron chi connectivity index (χ1n) is 9.45. The van der Waals surface area contributed by atoms with Crippen molar-refractivity contribution in [2.45, 2.75) is 44.6 Å². The number of ether oxygens (including phenoxy) is 1. The minimum atomic E-state index is -0.236. The number of aromatic nitrogens is 2. The van der Waals surface area contributed by atoms with Crippen LogP contribution in [0.25, 0.3) is 0 Å². The Morgan fingerprint density at radius 2 is 1.92 bits per heavy atom. The van der Waals surface area contributed by atoms with Crippen molar-refractivity contribution < 1.29 is 14.1 Å². The van der Waals surface area contributed by atoms with E-state index in [1.54, 1.807) is 6.92 Å². The lowest BCUT2D eigenvalue weighted by Crippen LogP contribution is -2.46. The Morgan fingerprint density at radius 3 is 2.62 bits per heavy atom. The van der Waals surface area contributed by atoms with Crippen molar-refractivity contribution in [1.29, 1.82) is 0 Å². The molecular formula is C20H25N3O3. The van der Waals surface area contributed by atoms with Crippen LogP contribution in [-0.4, -0.2) is 40.7 Å². The molecular weight excluding hydrogens is 330 g/mol. The second-order valence-electron chi connectivity index (χ2n) is 7.25. The Labute approximate surface area is 153 Å². The Morgan fingerprint density at radius 1 is 1.15 bits per heavy atom. The Balaban J connectivity index is 1.42. The zero-order valence-electron chi connectivity index (χ0n) is 15.1. The van der Waals surface area contributed by atoms with Gasteiger partial charge in [0.15, 0.2) is 5.82 Å². The van der Waals surface area contributed by atoms with Gasteiger partial charge in [-0.2, -0.15) is 4.98 Å². The van der Waals surface area contributed by atoms with Crippen LogP contribution in [0.4, 0.5) is 0 Å². The highest BCUT2D eigenvalue weighted by molar-refractivity contribution is 5.79. The minimum Gasteiger partial charge on any atom is -0.377 e. The van der Waals surface area contributed by atoms with Crippen molar-refractivity contribution in [1.82, 2.24) is 15.0 Å². The van der Waals surface area contributed by atoms with Gasteiger partial charge in [0.05, 0.1) is 13.2 Å². The summed E-state index contributed by atoms with van der Waals surface area (Å²) in [5.74, 6) is 1.94. The first-order chi connectivity index (χ1) is 12.7. The zero-order valence-corrected chi connectivity index (χ0v) is 15.1. The van der Waals surface area contributed by atoms with E-state index in [2.05, 4.69) is 40.5 Å². The molecule has 6 heteroatoms. The van der Waals surface area contributed by atoms with Gasteiger partial charge in [-0.15, -0.1) is 0 Å². The van der Waals surface area contributed by atoms with E-state index >= 15 is 0 Å². The number of hydrogen-bond acceptors (Lipinski definition) is 5. The highest BCUT2D eigenvalue weighted by atomic mass is 16.5. The van der Waals surface area contributed by atoms with E-state index in [4.69, 9.17) is 9.26 Å². The van der Waals surface area contributed by atoms with Crippen molar-refractivity contribution in [3.8, 4) is 0 Å². The van der Waals surface area contributed by atoms with Crippen LogP contribution in [0.2, 0.25) is 0 Å². The van der Waals surface area contributed by atoms with Crippen molar-refractivity contribution in [3.05, 3.63) is 47.6 Å². The topological polar surface area (TPSA) is 68.5 Å². The van der Waals surface area contributed by atoms with Gasteiger partial charge in [-0.05, 0) is 37.2 Å². The van der Waals surface area contributed by atoms with Gasteiger partial charge in [-0.1, -0.05) is 35.5 Å². The molecule has 1 atom stereocenters. The van der Waals surface area contributed by atoms with Crippen LogP contribution in [0.15, 0.2) is 34.9 Å². The molecule has 1 saturated carbocycles. The fourth-order valence-electron chi connectivity index (χ4n) is 4.17. The maximum Gasteiger partial charge on any atom is 0.226 e. The van der Waals surface area contributed by atoms with E-state index in [1.807, 2.05) is 4.90 Å². The maximum absolute atomic E-state index is 13.2. The van der Waals surface area contributed by atoms with E-state index < -0.39 is 0 Å². The fourth-order valence-corrected chi connectivity index (χ4v) is 4.17. The van der Waals surface area contributed by atoms with E-state index in [-0.39, 0.29) is 17.9 Å². The molecule has 2 aromatic rings. The number of carbonyl (C=O) groups is 1. The Kier molecular flexibility index (Phi) is 5.02. The van der Waals surface area contributed by atoms with Gasteiger partial charge < -0.3 is 14.2 Å². The molecule has 26 heavy (non-hydrogen) atoms. The van der Waals surface area contributed by atoms with Crippen LogP contribution in [-0.2, 0) is 9.53 Å². The molecule has 1 aliphatic heterocycles. The molecule has 138 valence electrons. The van der Waals surface area contributed by atoms with E-state index in [9.17, 15) is 4.79 Å². The number of carbonyl (C=O) groups excluding carboxylic acids is 1. The minimum absolute atomic E-state index is 0.0866. The number of rotatable bonds is 3. The average Bonchev–Trinajstić information content (AvgIpc) is 3.14. The Hall–Kier alpha value is -2.21. The lowest BCUT2D eigenvalue weighted by molar-refractivity contribution is -0.146. The predicted octanol–water partition coefficient (Wildman–Crippen LogP) is 3.25. The third kappa shape index (κ3) is 3.51. The highest BCUT2D eigenvalue weighted by Gasteiger charge is 2.37. The van der Waals surface area contributed by atoms with E-state index in [0.717, 1.165) is 25.7 Å². The van der Waals surface area contributed by atoms with Gasteiger partial charge in [0, 0.05) is 19.4 Å². The highest BCUT2D eigenvalue weighted by Crippen LogP contribution is 2.37.